The van der Waals surface area contributed by atoms with E-state index in [0.717, 1.165) is 42.8 Å². The molecule has 0 fully saturated rings. The summed E-state index contributed by atoms with van der Waals surface area (Å²) in [5.41, 5.74) is 8.30. The van der Waals surface area contributed by atoms with Gasteiger partial charge in [-0.2, -0.15) is 0 Å². The van der Waals surface area contributed by atoms with Gasteiger partial charge in [-0.1, -0.05) is 43.2 Å². The lowest BCUT2D eigenvalue weighted by molar-refractivity contribution is 0.0967. The largest absolute Gasteiger partial charge is 0.354 e. The van der Waals surface area contributed by atoms with Gasteiger partial charge in [0, 0.05) is 12.6 Å². The molecule has 1 aliphatic carbocycles. The number of aryl methyl sites for hydroxylation is 1. The van der Waals surface area contributed by atoms with Crippen LogP contribution in [0.5, 0.6) is 0 Å². The van der Waals surface area contributed by atoms with E-state index in [0.29, 0.717) is 10.8 Å². The molecule has 0 saturated heterocycles. The highest BCUT2D eigenvalue weighted by Crippen LogP contribution is 2.29. The predicted octanol–water partition coefficient (Wildman–Crippen LogP) is 6.05. The third kappa shape index (κ3) is 5.73. The number of nitrogens with zero attached hydrogens (tertiary/aromatic N) is 2. The molecule has 1 aromatic heterocycles. The molecule has 1 aliphatic heterocycles. The van der Waals surface area contributed by atoms with E-state index in [1.54, 1.807) is 13.2 Å². The van der Waals surface area contributed by atoms with Gasteiger partial charge in [0.05, 0.1) is 23.1 Å². The van der Waals surface area contributed by atoms with Crippen LogP contribution in [0, 0.1) is 5.92 Å². The van der Waals surface area contributed by atoms with Gasteiger partial charge in [0.1, 0.15) is 4.88 Å². The molecule has 32 heavy (non-hydrogen) atoms. The molecule has 2 aromatic rings. The molecule has 2 aliphatic rings. The molecule has 0 spiro atoms. The van der Waals surface area contributed by atoms with Crippen LogP contribution < -0.4 is 5.32 Å². The lowest BCUT2D eigenvalue weighted by Crippen LogP contribution is -2.16. The minimum Gasteiger partial charge on any atom is -0.354 e. The van der Waals surface area contributed by atoms with E-state index in [-0.39, 0.29) is 5.91 Å². The molecule has 2 heterocycles. The van der Waals surface area contributed by atoms with Crippen molar-refractivity contribution < 1.29 is 4.79 Å². The minimum atomic E-state index is -0.0459. The Labute approximate surface area is 194 Å². The fourth-order valence-electron chi connectivity index (χ4n) is 4.53. The normalized spacial score (nSPS) is 18.5. The molecular weight excluding hydrogens is 414 g/mol. The number of nitrogens with one attached hydrogen (secondary N) is 1. The third-order valence-corrected chi connectivity index (χ3v) is 7.35. The number of thiazole rings is 1. The first kappa shape index (κ1) is 22.4. The van der Waals surface area contributed by atoms with E-state index in [9.17, 15) is 4.79 Å². The van der Waals surface area contributed by atoms with E-state index in [1.807, 2.05) is 6.20 Å². The van der Waals surface area contributed by atoms with Crippen LogP contribution in [0.25, 0.3) is 0 Å². The van der Waals surface area contributed by atoms with Gasteiger partial charge in [0.2, 0.25) is 0 Å². The Hall–Kier alpha value is -2.75. The Morgan fingerprint density at radius 1 is 1.28 bits per heavy atom. The molecule has 0 radical (unpaired) electrons. The van der Waals surface area contributed by atoms with Crippen LogP contribution in [-0.4, -0.2) is 23.7 Å². The maximum atomic E-state index is 11.7. The molecular formula is C27H31N3OS. The molecule has 0 bridgehead atoms. The van der Waals surface area contributed by atoms with Gasteiger partial charge >= 0.3 is 0 Å². The summed E-state index contributed by atoms with van der Waals surface area (Å²) in [6.45, 7) is 0. The monoisotopic (exact) mass is 445 g/mol. The smallest absolute Gasteiger partial charge is 0.262 e. The van der Waals surface area contributed by atoms with Crippen LogP contribution in [0.2, 0.25) is 0 Å². The highest BCUT2D eigenvalue weighted by molar-refractivity contribution is 7.13. The van der Waals surface area contributed by atoms with Crippen LogP contribution in [0.4, 0.5) is 0 Å². The molecule has 1 N–H and O–H groups in total. The summed E-state index contributed by atoms with van der Waals surface area (Å²) < 4.78 is 0. The van der Waals surface area contributed by atoms with Crippen molar-refractivity contribution in [2.45, 2.75) is 57.8 Å². The first-order valence-electron chi connectivity index (χ1n) is 11.7. The van der Waals surface area contributed by atoms with E-state index >= 15 is 0 Å². The molecule has 4 nitrogen and oxygen atoms in total. The van der Waals surface area contributed by atoms with E-state index in [4.69, 9.17) is 4.99 Å². The maximum Gasteiger partial charge on any atom is 0.262 e. The number of aromatic nitrogens is 1. The highest BCUT2D eigenvalue weighted by Gasteiger charge is 2.18. The number of carbonyl (C=O) groups is 1. The van der Waals surface area contributed by atoms with Gasteiger partial charge in [-0.15, -0.1) is 17.1 Å². The van der Waals surface area contributed by atoms with Crippen LogP contribution in [0.1, 0.15) is 70.8 Å². The lowest BCUT2D eigenvalue weighted by Gasteiger charge is -2.21. The molecule has 1 unspecified atom stereocenters. The Bertz CT molecular complexity index is 1070. The number of fused-ring (bicyclic) bond motifs is 1. The number of hydrogen-bond acceptors (Lipinski definition) is 4. The highest BCUT2D eigenvalue weighted by atomic mass is 32.1. The fourth-order valence-corrected chi connectivity index (χ4v) is 5.43. The second kappa shape index (κ2) is 11.2. The van der Waals surface area contributed by atoms with Crippen LogP contribution in [0.15, 0.2) is 65.1 Å². The van der Waals surface area contributed by atoms with Gasteiger partial charge < -0.3 is 5.32 Å². The number of amides is 1. The number of hydrogen-bond donors (Lipinski definition) is 1. The van der Waals surface area contributed by atoms with Gasteiger partial charge in [-0.25, -0.2) is 9.98 Å². The van der Waals surface area contributed by atoms with Crippen molar-refractivity contribution in [3.8, 4) is 0 Å². The summed E-state index contributed by atoms with van der Waals surface area (Å²) in [5.74, 6) is 0.652. The van der Waals surface area contributed by atoms with Crippen molar-refractivity contribution in [1.82, 2.24) is 10.3 Å². The zero-order chi connectivity index (χ0) is 22.2. The summed E-state index contributed by atoms with van der Waals surface area (Å²) in [7, 11) is 1.66. The molecule has 0 saturated carbocycles. The fraction of sp³-hybridized carbons (Fsp3) is 0.407. The Morgan fingerprint density at radius 3 is 3.09 bits per heavy atom. The maximum absolute atomic E-state index is 11.7. The standard InChI is InChI=1S/C27H31N3OS/c1-28-27(31)24-19-30-25(32-24)15-8-10-20-9-2-3-13-22(17-16-20)26-23-14-5-4-11-21(23)12-6-7-18-29-26/h4-6,11,14,17-20H,2-3,8-10,12-13,15-16H2,1H3,(H,28,31). The number of aliphatic imine (C=N–C) groups is 1. The number of carbonyl (C=O) groups excluding carboxylic acids is 1. The summed E-state index contributed by atoms with van der Waals surface area (Å²) in [5, 5.41) is 3.73. The average Bonchev–Trinajstić information content (AvgIpc) is 3.25. The zero-order valence-electron chi connectivity index (χ0n) is 18.8. The van der Waals surface area contributed by atoms with Crippen LogP contribution in [-0.2, 0) is 12.8 Å². The summed E-state index contributed by atoms with van der Waals surface area (Å²) in [6.07, 6.45) is 18.2. The molecule has 4 rings (SSSR count). The van der Waals surface area contributed by atoms with Gasteiger partial charge in [-0.05, 0) is 68.1 Å². The van der Waals surface area contributed by atoms with Crippen molar-refractivity contribution in [3.05, 3.63) is 81.1 Å². The SMILES string of the molecule is CNC(=O)c1cnc(CCCC2CC=C(C3=NC=C=CCc4ccccc43)CCCC2)s1. The van der Waals surface area contributed by atoms with Gasteiger partial charge in [0.25, 0.3) is 5.91 Å². The zero-order valence-corrected chi connectivity index (χ0v) is 19.6. The Morgan fingerprint density at radius 2 is 2.19 bits per heavy atom. The molecule has 1 aromatic carbocycles. The second-order valence-corrected chi connectivity index (χ2v) is 9.62. The third-order valence-electron chi connectivity index (χ3n) is 6.30. The number of rotatable bonds is 6. The van der Waals surface area contributed by atoms with Crippen molar-refractivity contribution >= 4 is 23.0 Å². The number of benzene rings is 1. The van der Waals surface area contributed by atoms with Gasteiger partial charge in [0.15, 0.2) is 0 Å². The molecule has 5 heteroatoms. The lowest BCUT2D eigenvalue weighted by atomic mass is 9.85. The first-order valence-corrected chi connectivity index (χ1v) is 12.5. The summed E-state index contributed by atoms with van der Waals surface area (Å²) in [6, 6.07) is 8.64. The Kier molecular flexibility index (Phi) is 7.87. The average molecular weight is 446 g/mol. The first-order chi connectivity index (χ1) is 15.7. The predicted molar refractivity (Wildman–Crippen MR) is 132 cm³/mol. The van der Waals surface area contributed by atoms with Crippen molar-refractivity contribution in [2.75, 3.05) is 7.05 Å². The van der Waals surface area contributed by atoms with Crippen LogP contribution >= 0.6 is 11.3 Å². The Balaban J connectivity index is 1.41. The van der Waals surface area contributed by atoms with Crippen molar-refractivity contribution in [2.24, 2.45) is 10.9 Å². The molecule has 1 amide bonds. The quantitative estimate of drug-likeness (QED) is 0.551. The minimum absolute atomic E-state index is 0.0459. The van der Waals surface area contributed by atoms with E-state index in [1.165, 1.54) is 53.7 Å². The van der Waals surface area contributed by atoms with Gasteiger partial charge in [-0.3, -0.25) is 4.79 Å². The molecule has 1 atom stereocenters. The topological polar surface area (TPSA) is 54.4 Å². The summed E-state index contributed by atoms with van der Waals surface area (Å²) in [4.78, 5) is 21.7. The van der Waals surface area contributed by atoms with Crippen LogP contribution in [0.3, 0.4) is 0 Å². The van der Waals surface area contributed by atoms with E-state index in [2.05, 4.69) is 52.4 Å². The van der Waals surface area contributed by atoms with E-state index < -0.39 is 0 Å². The summed E-state index contributed by atoms with van der Waals surface area (Å²) >= 11 is 1.51. The van der Waals surface area contributed by atoms with Crippen molar-refractivity contribution in [3.63, 3.8) is 0 Å². The number of allylic oxidation sites excluding steroid dienone is 3. The molecule has 166 valence electrons. The second-order valence-electron chi connectivity index (χ2n) is 8.51. The van der Waals surface area contributed by atoms with Crippen molar-refractivity contribution in [1.29, 1.82) is 0 Å².